The molecule has 1 fully saturated rings. The summed E-state index contributed by atoms with van der Waals surface area (Å²) in [5.41, 5.74) is 6.32. The number of carbonyl (C=O) groups is 1. The number of rotatable bonds is 3. The Hall–Kier alpha value is -2.13. The lowest BCUT2D eigenvalue weighted by Gasteiger charge is -2.29. The number of aromatic nitrogens is 2. The minimum atomic E-state index is -3.67. The van der Waals surface area contributed by atoms with Gasteiger partial charge >= 0.3 is 5.69 Å². The maximum atomic E-state index is 12.8. The number of primary amides is 1. The van der Waals surface area contributed by atoms with E-state index in [1.165, 1.54) is 25.6 Å². The molecule has 9 heteroatoms. The number of sulfonamides is 1. The second-order valence-corrected chi connectivity index (χ2v) is 8.07. The molecule has 0 atom stereocenters. The van der Waals surface area contributed by atoms with Gasteiger partial charge in [-0.15, -0.1) is 0 Å². The molecule has 1 saturated heterocycles. The van der Waals surface area contributed by atoms with Gasteiger partial charge in [-0.1, -0.05) is 0 Å². The number of carbonyl (C=O) groups excluding carboxylic acids is 1. The van der Waals surface area contributed by atoms with Crippen molar-refractivity contribution in [1.29, 1.82) is 0 Å². The quantitative estimate of drug-likeness (QED) is 0.823. The van der Waals surface area contributed by atoms with Crippen molar-refractivity contribution >= 4 is 27.0 Å². The molecule has 3 rings (SSSR count). The zero-order valence-corrected chi connectivity index (χ0v) is 14.4. The summed E-state index contributed by atoms with van der Waals surface area (Å²) < 4.78 is 29.9. The summed E-state index contributed by atoms with van der Waals surface area (Å²) in [7, 11) is -0.410. The van der Waals surface area contributed by atoms with Crippen LogP contribution in [0, 0.1) is 5.92 Å². The Morgan fingerprint density at radius 3 is 2.29 bits per heavy atom. The van der Waals surface area contributed by atoms with Crippen molar-refractivity contribution in [3.63, 3.8) is 0 Å². The molecular weight excluding hydrogens is 332 g/mol. The maximum absolute atomic E-state index is 12.8. The Morgan fingerprint density at radius 2 is 1.71 bits per heavy atom. The van der Waals surface area contributed by atoms with Gasteiger partial charge in [-0.25, -0.2) is 13.2 Å². The minimum Gasteiger partial charge on any atom is -0.369 e. The summed E-state index contributed by atoms with van der Waals surface area (Å²) >= 11 is 0. The molecule has 24 heavy (non-hydrogen) atoms. The van der Waals surface area contributed by atoms with E-state index in [4.69, 9.17) is 5.73 Å². The van der Waals surface area contributed by atoms with E-state index in [0.717, 1.165) is 0 Å². The third-order valence-corrected chi connectivity index (χ3v) is 6.63. The van der Waals surface area contributed by atoms with Gasteiger partial charge in [0.2, 0.25) is 15.9 Å². The van der Waals surface area contributed by atoms with Crippen molar-refractivity contribution in [2.75, 3.05) is 13.1 Å². The number of aryl methyl sites for hydroxylation is 2. The van der Waals surface area contributed by atoms with Crippen LogP contribution in [0.15, 0.2) is 27.9 Å². The molecule has 8 nitrogen and oxygen atoms in total. The number of nitrogens with zero attached hydrogens (tertiary/aromatic N) is 3. The lowest BCUT2D eigenvalue weighted by molar-refractivity contribution is -0.122. The van der Waals surface area contributed by atoms with Crippen molar-refractivity contribution in [2.45, 2.75) is 17.7 Å². The standard InChI is InChI=1S/C15H20N4O4S/c1-17-12-4-3-11(9-13(12)18(2)15(17)21)24(22,23)19-7-5-10(6-8-19)14(16)20/h3-4,9-10H,5-8H2,1-2H3,(H2,16,20). The highest BCUT2D eigenvalue weighted by molar-refractivity contribution is 7.89. The normalized spacial score (nSPS) is 17.4. The second kappa shape index (κ2) is 5.75. The first-order chi connectivity index (χ1) is 11.2. The Labute approximate surface area is 139 Å². The molecule has 130 valence electrons. The minimum absolute atomic E-state index is 0.147. The van der Waals surface area contributed by atoms with Crippen molar-refractivity contribution in [1.82, 2.24) is 13.4 Å². The Bertz CT molecular complexity index is 965. The molecule has 0 spiro atoms. The number of fused-ring (bicyclic) bond motifs is 1. The fourth-order valence-corrected chi connectivity index (χ4v) is 4.67. The average Bonchev–Trinajstić information content (AvgIpc) is 2.79. The van der Waals surface area contributed by atoms with Gasteiger partial charge in [-0.2, -0.15) is 4.31 Å². The summed E-state index contributed by atoms with van der Waals surface area (Å²) in [4.78, 5) is 23.3. The fourth-order valence-electron chi connectivity index (χ4n) is 3.18. The molecule has 0 saturated carbocycles. The summed E-state index contributed by atoms with van der Waals surface area (Å²) in [5.74, 6) is -0.651. The van der Waals surface area contributed by atoms with Crippen molar-refractivity contribution < 1.29 is 13.2 Å². The third kappa shape index (κ3) is 2.53. The topological polar surface area (TPSA) is 107 Å². The van der Waals surface area contributed by atoms with Gasteiger partial charge in [0.25, 0.3) is 0 Å². The van der Waals surface area contributed by atoms with E-state index < -0.39 is 10.0 Å². The Balaban J connectivity index is 1.96. The van der Waals surface area contributed by atoms with Gasteiger partial charge in [0.05, 0.1) is 15.9 Å². The molecule has 2 heterocycles. The predicted octanol–water partition coefficient (Wildman–Crippen LogP) is -0.237. The van der Waals surface area contributed by atoms with Gasteiger partial charge in [0, 0.05) is 33.1 Å². The smallest absolute Gasteiger partial charge is 0.328 e. The molecule has 0 bridgehead atoms. The molecule has 2 aromatic rings. The van der Waals surface area contributed by atoms with Gasteiger partial charge in [0.15, 0.2) is 0 Å². The molecule has 0 radical (unpaired) electrons. The van der Waals surface area contributed by atoms with Gasteiger partial charge < -0.3 is 5.73 Å². The average molecular weight is 352 g/mol. The first kappa shape index (κ1) is 16.7. The van der Waals surface area contributed by atoms with Crippen LogP contribution < -0.4 is 11.4 Å². The van der Waals surface area contributed by atoms with E-state index in [1.54, 1.807) is 20.2 Å². The maximum Gasteiger partial charge on any atom is 0.328 e. The van der Waals surface area contributed by atoms with Gasteiger partial charge in [-0.3, -0.25) is 13.9 Å². The summed E-state index contributed by atoms with van der Waals surface area (Å²) in [6.07, 6.45) is 0.862. The van der Waals surface area contributed by atoms with Crippen LogP contribution in [0.1, 0.15) is 12.8 Å². The van der Waals surface area contributed by atoms with Crippen molar-refractivity contribution in [3.05, 3.63) is 28.7 Å². The first-order valence-corrected chi connectivity index (χ1v) is 9.12. The number of hydrogen-bond donors (Lipinski definition) is 1. The van der Waals surface area contributed by atoms with Crippen LogP contribution in [0.2, 0.25) is 0 Å². The highest BCUT2D eigenvalue weighted by atomic mass is 32.2. The zero-order chi connectivity index (χ0) is 17.6. The van der Waals surface area contributed by atoms with E-state index in [0.29, 0.717) is 23.9 Å². The lowest BCUT2D eigenvalue weighted by atomic mass is 9.98. The fraction of sp³-hybridized carbons (Fsp3) is 0.467. The largest absolute Gasteiger partial charge is 0.369 e. The van der Waals surface area contributed by atoms with E-state index >= 15 is 0 Å². The van der Waals surface area contributed by atoms with Crippen LogP contribution in [-0.2, 0) is 28.9 Å². The highest BCUT2D eigenvalue weighted by Crippen LogP contribution is 2.25. The molecule has 0 aliphatic carbocycles. The molecule has 1 aromatic heterocycles. The molecule has 0 unspecified atom stereocenters. The van der Waals surface area contributed by atoms with Crippen LogP contribution >= 0.6 is 0 Å². The first-order valence-electron chi connectivity index (χ1n) is 7.68. The van der Waals surface area contributed by atoms with Gasteiger partial charge in [-0.05, 0) is 31.0 Å². The lowest BCUT2D eigenvalue weighted by Crippen LogP contribution is -2.41. The van der Waals surface area contributed by atoms with E-state index in [9.17, 15) is 18.0 Å². The SMILES string of the molecule is Cn1c(=O)n(C)c2cc(S(=O)(=O)N3CCC(C(N)=O)CC3)ccc21. The third-order valence-electron chi connectivity index (χ3n) is 4.74. The number of piperidine rings is 1. The molecule has 1 aromatic carbocycles. The summed E-state index contributed by atoms with van der Waals surface area (Å²) in [6, 6.07) is 4.67. The molecular formula is C15H20N4O4S. The van der Waals surface area contributed by atoms with Crippen LogP contribution in [0.4, 0.5) is 0 Å². The van der Waals surface area contributed by atoms with Crippen LogP contribution in [0.3, 0.4) is 0 Å². The monoisotopic (exact) mass is 352 g/mol. The van der Waals surface area contributed by atoms with Crippen LogP contribution in [-0.4, -0.2) is 40.9 Å². The molecule has 1 aliphatic rings. The number of benzene rings is 1. The van der Waals surface area contributed by atoms with E-state index in [-0.39, 0.29) is 35.5 Å². The summed E-state index contributed by atoms with van der Waals surface area (Å²) in [6.45, 7) is 0.531. The number of amides is 1. The summed E-state index contributed by atoms with van der Waals surface area (Å²) in [5, 5.41) is 0. The molecule has 2 N–H and O–H groups in total. The van der Waals surface area contributed by atoms with Crippen LogP contribution in [0.25, 0.3) is 11.0 Å². The zero-order valence-electron chi connectivity index (χ0n) is 13.6. The second-order valence-electron chi connectivity index (χ2n) is 6.13. The number of hydrogen-bond acceptors (Lipinski definition) is 4. The van der Waals surface area contributed by atoms with Gasteiger partial charge in [0.1, 0.15) is 0 Å². The Morgan fingerprint density at radius 1 is 1.12 bits per heavy atom. The van der Waals surface area contributed by atoms with Crippen LogP contribution in [0.5, 0.6) is 0 Å². The Kier molecular flexibility index (Phi) is 4.00. The molecule has 1 amide bonds. The predicted molar refractivity (Wildman–Crippen MR) is 88.8 cm³/mol. The van der Waals surface area contributed by atoms with E-state index in [2.05, 4.69) is 0 Å². The van der Waals surface area contributed by atoms with Crippen molar-refractivity contribution in [3.8, 4) is 0 Å². The number of imidazole rings is 1. The number of nitrogens with two attached hydrogens (primary N) is 1. The van der Waals surface area contributed by atoms with Crippen molar-refractivity contribution in [2.24, 2.45) is 25.7 Å². The molecule has 1 aliphatic heterocycles. The highest BCUT2D eigenvalue weighted by Gasteiger charge is 2.31. The van der Waals surface area contributed by atoms with E-state index in [1.807, 2.05) is 0 Å².